The Kier molecular flexibility index (Phi) is 5.16. The molecule has 0 saturated heterocycles. The highest BCUT2D eigenvalue weighted by molar-refractivity contribution is 8.13. The van der Waals surface area contributed by atoms with Crippen LogP contribution in [-0.4, -0.2) is 36.0 Å². The Morgan fingerprint density at radius 1 is 1.37 bits per heavy atom. The monoisotopic (exact) mass is 321 g/mol. The highest BCUT2D eigenvalue weighted by Gasteiger charge is 2.28. The lowest BCUT2D eigenvalue weighted by Crippen LogP contribution is -2.18. The van der Waals surface area contributed by atoms with Crippen molar-refractivity contribution in [3.05, 3.63) is 5.82 Å². The van der Waals surface area contributed by atoms with Crippen LogP contribution in [0.15, 0.2) is 5.16 Å². The molecule has 0 aliphatic carbocycles. The first-order valence-electron chi connectivity index (χ1n) is 5.16. The second kappa shape index (κ2) is 6.06. The molecule has 0 saturated carbocycles. The van der Waals surface area contributed by atoms with E-state index in [1.54, 1.807) is 6.92 Å². The molecule has 0 atom stereocenters. The van der Waals surface area contributed by atoms with Crippen LogP contribution < -0.4 is 0 Å². The first-order chi connectivity index (χ1) is 8.65. The van der Waals surface area contributed by atoms with E-state index in [-0.39, 0.29) is 12.4 Å². The lowest BCUT2D eigenvalue weighted by atomic mass is 10.4. The molecule has 6 nitrogen and oxygen atoms in total. The largest absolute Gasteiger partial charge is 0.411 e. The third-order valence-corrected chi connectivity index (χ3v) is 3.11. The molecule has 1 rings (SSSR count). The minimum Gasteiger partial charge on any atom is -0.364 e. The van der Waals surface area contributed by atoms with Crippen molar-refractivity contribution in [3.8, 4) is 0 Å². The van der Waals surface area contributed by atoms with Crippen molar-refractivity contribution in [1.82, 2.24) is 14.8 Å². The van der Waals surface area contributed by atoms with Crippen molar-refractivity contribution in [1.29, 1.82) is 0 Å². The molecule has 0 bridgehead atoms. The molecule has 0 aromatic carbocycles. The van der Waals surface area contributed by atoms with Gasteiger partial charge in [0.1, 0.15) is 13.2 Å². The van der Waals surface area contributed by atoms with Crippen molar-refractivity contribution < 1.29 is 26.3 Å². The van der Waals surface area contributed by atoms with E-state index in [0.29, 0.717) is 6.42 Å². The van der Waals surface area contributed by atoms with Gasteiger partial charge in [0, 0.05) is 17.2 Å². The van der Waals surface area contributed by atoms with Gasteiger partial charge in [0.15, 0.2) is 5.82 Å². The SMILES string of the molecule is CCCn1c(COCC(F)(F)F)nnc1S(=O)(=O)Cl. The fourth-order valence-electron chi connectivity index (χ4n) is 1.31. The molecule has 19 heavy (non-hydrogen) atoms. The van der Waals surface area contributed by atoms with Crippen molar-refractivity contribution in [3.63, 3.8) is 0 Å². The standard InChI is InChI=1S/C8H11ClF3N3O3S/c1-2-3-15-6(4-18-5-8(10,11)12)13-14-7(15)19(9,16)17/h2-5H2,1H3. The predicted octanol–water partition coefficient (Wildman–Crippen LogP) is 1.69. The average molecular weight is 322 g/mol. The molecule has 110 valence electrons. The molecule has 0 N–H and O–H groups in total. The van der Waals surface area contributed by atoms with Crippen LogP contribution in [0.1, 0.15) is 19.2 Å². The van der Waals surface area contributed by atoms with E-state index in [1.165, 1.54) is 0 Å². The van der Waals surface area contributed by atoms with Crippen molar-refractivity contribution in [2.45, 2.75) is 37.8 Å². The summed E-state index contributed by atoms with van der Waals surface area (Å²) in [5, 5.41) is 6.33. The highest BCUT2D eigenvalue weighted by Crippen LogP contribution is 2.18. The van der Waals surface area contributed by atoms with E-state index in [4.69, 9.17) is 10.7 Å². The average Bonchev–Trinajstić information content (AvgIpc) is 2.60. The van der Waals surface area contributed by atoms with Crippen molar-refractivity contribution >= 4 is 19.7 Å². The summed E-state index contributed by atoms with van der Waals surface area (Å²) in [6, 6.07) is 0. The number of halogens is 4. The Labute approximate surface area is 111 Å². The van der Waals surface area contributed by atoms with Crippen LogP contribution in [0, 0.1) is 0 Å². The maximum absolute atomic E-state index is 11.9. The zero-order valence-electron chi connectivity index (χ0n) is 9.81. The van der Waals surface area contributed by atoms with Gasteiger partial charge < -0.3 is 4.74 Å². The van der Waals surface area contributed by atoms with E-state index in [2.05, 4.69) is 14.9 Å². The fraction of sp³-hybridized carbons (Fsp3) is 0.750. The summed E-state index contributed by atoms with van der Waals surface area (Å²) in [7, 11) is 1.04. The second-order valence-electron chi connectivity index (χ2n) is 3.60. The summed E-state index contributed by atoms with van der Waals surface area (Å²) in [6.07, 6.45) is -3.93. The second-order valence-corrected chi connectivity index (χ2v) is 6.06. The summed E-state index contributed by atoms with van der Waals surface area (Å²) in [6.45, 7) is 0.0117. The van der Waals surface area contributed by atoms with Gasteiger partial charge in [-0.2, -0.15) is 13.2 Å². The molecule has 0 aliphatic rings. The van der Waals surface area contributed by atoms with Crippen LogP contribution in [0.25, 0.3) is 0 Å². The van der Waals surface area contributed by atoms with Gasteiger partial charge in [-0.3, -0.25) is 4.57 Å². The number of ether oxygens (including phenoxy) is 1. The van der Waals surface area contributed by atoms with Crippen molar-refractivity contribution in [2.24, 2.45) is 0 Å². The summed E-state index contributed by atoms with van der Waals surface area (Å²) < 4.78 is 63.7. The third-order valence-electron chi connectivity index (χ3n) is 1.96. The van der Waals surface area contributed by atoms with E-state index in [0.717, 1.165) is 4.57 Å². The Morgan fingerprint density at radius 2 is 2.00 bits per heavy atom. The van der Waals surface area contributed by atoms with Crippen LogP contribution in [0.2, 0.25) is 0 Å². The van der Waals surface area contributed by atoms with E-state index in [1.807, 2.05) is 0 Å². The van der Waals surface area contributed by atoms with Gasteiger partial charge in [0.05, 0.1) is 0 Å². The number of aromatic nitrogens is 3. The van der Waals surface area contributed by atoms with Gasteiger partial charge in [-0.1, -0.05) is 6.92 Å². The van der Waals surface area contributed by atoms with Crippen LogP contribution in [0.3, 0.4) is 0 Å². The van der Waals surface area contributed by atoms with Gasteiger partial charge >= 0.3 is 6.18 Å². The van der Waals surface area contributed by atoms with Gasteiger partial charge in [0.25, 0.3) is 14.2 Å². The van der Waals surface area contributed by atoms with E-state index < -0.39 is 33.6 Å². The Balaban J connectivity index is 2.87. The molecule has 0 radical (unpaired) electrons. The zero-order chi connectivity index (χ0) is 14.7. The topological polar surface area (TPSA) is 74.1 Å². The molecule has 1 aromatic rings. The highest BCUT2D eigenvalue weighted by atomic mass is 35.7. The molecular weight excluding hydrogens is 311 g/mol. The zero-order valence-corrected chi connectivity index (χ0v) is 11.4. The maximum atomic E-state index is 11.9. The molecule has 11 heteroatoms. The number of rotatable bonds is 6. The Bertz CT molecular complexity index is 529. The molecule has 0 fully saturated rings. The minimum atomic E-state index is -4.46. The molecule has 1 aromatic heterocycles. The number of nitrogens with zero attached hydrogens (tertiary/aromatic N) is 3. The van der Waals surface area contributed by atoms with Gasteiger partial charge in [-0.25, -0.2) is 8.42 Å². The first-order valence-corrected chi connectivity index (χ1v) is 7.47. The van der Waals surface area contributed by atoms with Gasteiger partial charge in [-0.15, -0.1) is 10.2 Å². The first kappa shape index (κ1) is 16.2. The summed E-state index contributed by atoms with van der Waals surface area (Å²) in [5.41, 5.74) is 0. The van der Waals surface area contributed by atoms with Gasteiger partial charge in [-0.05, 0) is 6.42 Å². The summed E-state index contributed by atoms with van der Waals surface area (Å²) in [5.74, 6) is -0.0228. The lowest BCUT2D eigenvalue weighted by Gasteiger charge is -2.09. The van der Waals surface area contributed by atoms with Crippen LogP contribution in [0.5, 0.6) is 0 Å². The van der Waals surface area contributed by atoms with Gasteiger partial charge in [0.2, 0.25) is 0 Å². The van der Waals surface area contributed by atoms with Crippen LogP contribution in [0.4, 0.5) is 13.2 Å². The van der Waals surface area contributed by atoms with Crippen molar-refractivity contribution in [2.75, 3.05) is 6.61 Å². The summed E-state index contributed by atoms with van der Waals surface area (Å²) in [4.78, 5) is 0. The lowest BCUT2D eigenvalue weighted by molar-refractivity contribution is -0.177. The maximum Gasteiger partial charge on any atom is 0.411 e. The van der Waals surface area contributed by atoms with E-state index >= 15 is 0 Å². The molecule has 1 heterocycles. The number of hydrogen-bond donors (Lipinski definition) is 0. The Hall–Kier alpha value is -0.870. The van der Waals surface area contributed by atoms with Crippen LogP contribution in [-0.2, 0) is 26.9 Å². The summed E-state index contributed by atoms with van der Waals surface area (Å²) >= 11 is 0. The third kappa shape index (κ3) is 4.96. The molecule has 0 aliphatic heterocycles. The normalized spacial score (nSPS) is 12.9. The number of alkyl halides is 3. The smallest absolute Gasteiger partial charge is 0.364 e. The van der Waals surface area contributed by atoms with Crippen LogP contribution >= 0.6 is 10.7 Å². The fourth-order valence-corrected chi connectivity index (χ4v) is 2.25. The molecular formula is C8H11ClF3N3O3S. The quantitative estimate of drug-likeness (QED) is 0.745. The molecule has 0 amide bonds. The predicted molar refractivity (Wildman–Crippen MR) is 59.1 cm³/mol. The number of hydrogen-bond acceptors (Lipinski definition) is 5. The molecule has 0 spiro atoms. The molecule has 0 unspecified atom stereocenters. The minimum absolute atomic E-state index is 0.0228. The van der Waals surface area contributed by atoms with E-state index in [9.17, 15) is 21.6 Å². The Morgan fingerprint density at radius 3 is 2.47 bits per heavy atom.